The minimum atomic E-state index is -0.629. The van der Waals surface area contributed by atoms with Crippen molar-refractivity contribution in [3.8, 4) is 33.4 Å². The molecule has 0 radical (unpaired) electrons. The Morgan fingerprint density at radius 2 is 0.669 bits per heavy atom. The molecular weight excluding hydrogens is 2210 g/mol. The minimum Gasteiger partial charge on any atom is -0.422 e. The Bertz CT molecular complexity index is 8100. The molecule has 0 N–H and O–H groups in total. The van der Waals surface area contributed by atoms with E-state index in [0.29, 0.717) is 110 Å². The van der Waals surface area contributed by atoms with E-state index in [1.807, 2.05) is 86.0 Å². The first-order valence-electron chi connectivity index (χ1n) is 43.7. The summed E-state index contributed by atoms with van der Waals surface area (Å²) in [5.41, 5.74) is 11.0. The molecule has 0 spiro atoms. The van der Waals surface area contributed by atoms with Gasteiger partial charge in [-0.3, -0.25) is 44.2 Å². The first kappa shape index (κ1) is 100.0. The molecule has 4 saturated carbocycles. The number of Topliss-reactive ketones (excluding diaryl/α,β-unsaturated/α-hetero) is 1. The number of fused-ring (bicyclic) bond motifs is 4. The second-order valence-corrected chi connectivity index (χ2v) is 38.4. The van der Waals surface area contributed by atoms with Gasteiger partial charge >= 0.3 is 22.5 Å². The van der Waals surface area contributed by atoms with Gasteiger partial charge in [0.05, 0.1) is 35.9 Å². The molecule has 4 aliphatic rings. The molecule has 700 valence electrons. The maximum atomic E-state index is 14.9. The van der Waals surface area contributed by atoms with Crippen LogP contribution in [0.1, 0.15) is 194 Å². The van der Waals surface area contributed by atoms with E-state index in [1.165, 1.54) is 48.5 Å². The molecule has 4 aliphatic carbocycles. The maximum absolute atomic E-state index is 14.9. The number of nitro groups is 2. The average molecular weight is 2300 g/mol. The first-order valence-corrected chi connectivity index (χ1v) is 46.6. The molecule has 23 nitrogen and oxygen atoms in total. The summed E-state index contributed by atoms with van der Waals surface area (Å²) in [4.78, 5) is 140. The second kappa shape index (κ2) is 40.0. The van der Waals surface area contributed by atoms with Crippen molar-refractivity contribution in [2.45, 2.75) is 191 Å². The summed E-state index contributed by atoms with van der Waals surface area (Å²) in [5.74, 6) is -1.55. The van der Waals surface area contributed by atoms with Crippen LogP contribution in [-0.4, -0.2) is 33.9 Å². The largest absolute Gasteiger partial charge is 0.422 e. The van der Waals surface area contributed by atoms with E-state index in [4.69, 9.17) is 17.7 Å². The number of carbonyl (C=O) groups is 1. The number of nitro benzene ring substituents is 2. The van der Waals surface area contributed by atoms with Crippen LogP contribution in [0.4, 0.5) is 28.9 Å². The molecule has 7 aromatic carbocycles. The van der Waals surface area contributed by atoms with Gasteiger partial charge in [-0.15, -0.1) is 0 Å². The van der Waals surface area contributed by atoms with Crippen molar-refractivity contribution in [3.63, 3.8) is 0 Å². The van der Waals surface area contributed by atoms with Gasteiger partial charge in [-0.25, -0.2) is 36.7 Å². The van der Waals surface area contributed by atoms with Crippen molar-refractivity contribution in [1.29, 1.82) is 0 Å². The topological polar surface area (TPSA) is 312 Å². The third-order valence-electron chi connectivity index (χ3n) is 25.9. The predicted octanol–water partition coefficient (Wildman–Crippen LogP) is 22.8. The number of carbonyl (C=O) groups excluding carboxylic acids is 1. The summed E-state index contributed by atoms with van der Waals surface area (Å²) in [6.07, 6.45) is 7.64. The van der Waals surface area contributed by atoms with E-state index >= 15 is 0 Å². The number of rotatable bonds is 19. The van der Waals surface area contributed by atoms with Crippen molar-refractivity contribution in [2.24, 2.45) is 0 Å². The van der Waals surface area contributed by atoms with E-state index in [1.54, 1.807) is 129 Å². The van der Waals surface area contributed by atoms with Crippen LogP contribution in [0, 0.1) is 134 Å². The zero-order valence-corrected chi connectivity index (χ0v) is 85.3. The number of hydrogen-bond acceptors (Lipinski definition) is 17. The molecule has 0 atom stereocenters. The van der Waals surface area contributed by atoms with Crippen molar-refractivity contribution >= 4 is 122 Å². The van der Waals surface area contributed by atoms with E-state index in [-0.39, 0.29) is 180 Å². The van der Waals surface area contributed by atoms with Crippen LogP contribution >= 0.6 is 61.1 Å². The van der Waals surface area contributed by atoms with Crippen molar-refractivity contribution in [2.75, 3.05) is 0 Å². The number of aromatic nitrogens is 4. The molecule has 4 fully saturated rings. The van der Waals surface area contributed by atoms with E-state index in [2.05, 4.69) is 38.5 Å². The summed E-state index contributed by atoms with van der Waals surface area (Å²) in [6, 6.07) is 37.4. The molecule has 8 aromatic heterocycles. The van der Waals surface area contributed by atoms with E-state index in [9.17, 15) is 80.9 Å². The molecule has 0 saturated heterocycles. The van der Waals surface area contributed by atoms with Gasteiger partial charge in [0, 0.05) is 170 Å². The maximum Gasteiger partial charge on any atom is 0.339 e. The monoisotopic (exact) mass is 2300 g/mol. The van der Waals surface area contributed by atoms with Gasteiger partial charge in [-0.2, -0.15) is 0 Å². The van der Waals surface area contributed by atoms with Gasteiger partial charge in [-0.1, -0.05) is 78.9 Å². The summed E-state index contributed by atoms with van der Waals surface area (Å²) >= 11 is 7.56. The number of aryl methyl sites for hydroxylation is 3. The second-order valence-electron chi connectivity index (χ2n) is 35.1. The van der Waals surface area contributed by atoms with Crippen LogP contribution in [-0.2, 0) is 58.0 Å². The van der Waals surface area contributed by atoms with Gasteiger partial charge in [0.1, 0.15) is 29.1 Å². The fraction of sp³-hybridized carbons (Fsp3) is 0.276. The average Bonchev–Trinajstić information content (AvgIpc) is 1.24. The molecule has 8 heterocycles. The Kier molecular flexibility index (Phi) is 29.4. The summed E-state index contributed by atoms with van der Waals surface area (Å²) in [5, 5.41) is 24.1. The number of ketones is 1. The SMILES string of the molecule is CC(=O)Cc1ccc(C)c(-c2c(C)n(C3CC3)c(=O)c3c(Cc4ccc(I)cc4F)c(C)c(=O)oc23)c1.Cc1c(Cc2ccccc2F)c2c(=O)n(C3CC3)c(C)c(Br)c2oc1=O.Cc1ccc([N+](=O)[O-])cc1-c1c(C)n(C2CC2)c(=O)c2c(Cc3ccc(I)cc3F)c(C)c(=O)oc12.Cc1ccc([N+](=O)[O-])cc1-c1c(C)n(C2CC2)c(=O)c2c(Cc3ccccc3F)c(C)c(=O)oc12.[CH3-].[W]. The standard InChI is InChI=1S/C30H27FINO4.C27H22FIN2O5.C27H23FN2O5.C20H17BrFNO3.CH3.W/c1-15-5-6-19(11-16(2)34)12-23(15)26-18(4)33(22-9-10-22)29(35)27-24(17(3)30(36)37-28(26)27)13-20-7-8-21(32)14-25(20)31;1-13-4-7-19(31(34)35)12-20(13)23-15(3)30(18-8-9-18)26(32)24-21(14(2)27(33)36-25(23)24)10-16-5-6-17(29)11-22(16)28;1-14-8-9-19(30(33)34)13-20(14)23-16(3)29(18-10-11-18)26(31)24-21(15(2)27(32)35-25(23)24)12-17-6-4-5-7-22(17)28;1-10-14(9-12-5-3-4-6-15(12)22)16-18(26-20(10)25)17(21)11(2)23(19(16)24)13-7-8-13;;/h5-8,12,14,22H,9-11,13H2,1-4H3;4-7,11-12,18H,8-10H2,1-3H3;4-9,13,18H,10-12H2,1-3H3;3-6,13H,7-9H2,1-2H3;1H3;/q;;;;-1;. The molecule has 15 aromatic rings. The van der Waals surface area contributed by atoms with E-state index < -0.39 is 44.0 Å². The fourth-order valence-electron chi connectivity index (χ4n) is 18.1. The molecule has 136 heavy (non-hydrogen) atoms. The van der Waals surface area contributed by atoms with Crippen LogP contribution in [0.15, 0.2) is 200 Å². The van der Waals surface area contributed by atoms with Gasteiger partial charge in [0.15, 0.2) is 22.3 Å². The Labute approximate surface area is 825 Å². The zero-order valence-electron chi connectivity index (χ0n) is 76.5. The van der Waals surface area contributed by atoms with Crippen molar-refractivity contribution in [3.05, 3.63) is 397 Å². The third kappa shape index (κ3) is 19.5. The van der Waals surface area contributed by atoms with Gasteiger partial charge in [0.2, 0.25) is 0 Å². The quantitative estimate of drug-likeness (QED) is 0.0239. The number of benzene rings is 7. The first-order chi connectivity index (χ1) is 63.7. The number of non-ortho nitro benzene ring substituents is 2. The normalized spacial score (nSPS) is 13.3. The summed E-state index contributed by atoms with van der Waals surface area (Å²) < 4.78 is 90.3. The predicted molar refractivity (Wildman–Crippen MR) is 533 cm³/mol. The van der Waals surface area contributed by atoms with Crippen molar-refractivity contribution in [1.82, 2.24) is 18.3 Å². The molecule has 0 aliphatic heterocycles. The van der Waals surface area contributed by atoms with Crippen LogP contribution in [0.2, 0.25) is 0 Å². The van der Waals surface area contributed by atoms with Gasteiger partial charge in [0.25, 0.3) is 33.6 Å². The molecule has 31 heteroatoms. The third-order valence-corrected chi connectivity index (χ3v) is 28.2. The number of halogens is 7. The Balaban J connectivity index is 0.000000145. The fourth-order valence-corrected chi connectivity index (χ4v) is 19.5. The van der Waals surface area contributed by atoms with Gasteiger partial charge in [-0.05, 0) is 315 Å². The van der Waals surface area contributed by atoms with Gasteiger partial charge < -0.3 is 43.4 Å². The molecule has 0 bridgehead atoms. The van der Waals surface area contributed by atoms with Crippen LogP contribution in [0.25, 0.3) is 77.3 Å². The smallest absolute Gasteiger partial charge is 0.339 e. The van der Waals surface area contributed by atoms with E-state index in [0.717, 1.165) is 97.7 Å². The molecule has 0 amide bonds. The Morgan fingerprint density at radius 1 is 0.390 bits per heavy atom. The number of hydrogen-bond donors (Lipinski definition) is 0. The zero-order chi connectivity index (χ0) is 96.1. The molecule has 0 unspecified atom stereocenters. The van der Waals surface area contributed by atoms with Crippen LogP contribution in [0.5, 0.6) is 0 Å². The Morgan fingerprint density at radius 3 is 0.963 bits per heavy atom. The van der Waals surface area contributed by atoms with Crippen LogP contribution in [0.3, 0.4) is 0 Å². The minimum absolute atomic E-state index is 0. The summed E-state index contributed by atoms with van der Waals surface area (Å²) in [6.45, 7) is 20.8. The molecule has 19 rings (SSSR count). The van der Waals surface area contributed by atoms with Crippen LogP contribution < -0.4 is 44.7 Å². The summed E-state index contributed by atoms with van der Waals surface area (Å²) in [7, 11) is 0. The number of pyridine rings is 4. The number of nitrogens with zero attached hydrogens (tertiary/aromatic N) is 6. The molecular formula is C105H92BrF4I2N6O17W-. The van der Waals surface area contributed by atoms with Crippen molar-refractivity contribution < 1.29 is 70.9 Å². The Hall–Kier alpha value is -12.0.